The van der Waals surface area contributed by atoms with Crippen molar-refractivity contribution in [3.05, 3.63) is 12.2 Å². The van der Waals surface area contributed by atoms with E-state index in [4.69, 9.17) is 9.84 Å². The van der Waals surface area contributed by atoms with Crippen molar-refractivity contribution in [1.82, 2.24) is 0 Å². The minimum Gasteiger partial charge on any atom is -0.481 e. The lowest BCUT2D eigenvalue weighted by atomic mass is 9.83. The molecule has 0 fully saturated rings. The zero-order valence-electron chi connectivity index (χ0n) is 8.97. The van der Waals surface area contributed by atoms with E-state index in [1.54, 1.807) is 19.9 Å². The maximum atomic E-state index is 11.6. The zero-order valence-corrected chi connectivity index (χ0v) is 8.97. The number of carboxylic acids is 1. The van der Waals surface area contributed by atoms with Gasteiger partial charge in [0.15, 0.2) is 0 Å². The largest absolute Gasteiger partial charge is 0.481 e. The van der Waals surface area contributed by atoms with Gasteiger partial charge in [0.25, 0.3) is 0 Å². The molecule has 4 heteroatoms. The second kappa shape index (κ2) is 4.96. The molecule has 1 N–H and O–H groups in total. The van der Waals surface area contributed by atoms with E-state index in [0.717, 1.165) is 0 Å². The number of hydrogen-bond acceptors (Lipinski definition) is 3. The monoisotopic (exact) mass is 212 g/mol. The number of hydrogen-bond donors (Lipinski definition) is 1. The molecular formula is C11H16O4. The van der Waals surface area contributed by atoms with Gasteiger partial charge < -0.3 is 9.84 Å². The summed E-state index contributed by atoms with van der Waals surface area (Å²) in [4.78, 5) is 22.5. The van der Waals surface area contributed by atoms with Gasteiger partial charge in [-0.3, -0.25) is 9.59 Å². The number of allylic oxidation sites excluding steroid dienone is 2. The lowest BCUT2D eigenvalue weighted by molar-refractivity contribution is -0.160. The molecule has 0 unspecified atom stereocenters. The molecule has 0 radical (unpaired) electrons. The van der Waals surface area contributed by atoms with E-state index in [2.05, 4.69) is 0 Å². The Hall–Kier alpha value is -1.32. The lowest BCUT2D eigenvalue weighted by Gasteiger charge is -2.24. The van der Waals surface area contributed by atoms with Crippen LogP contribution in [0.5, 0.6) is 0 Å². The Kier molecular flexibility index (Phi) is 3.88. The molecule has 0 aromatic heterocycles. The summed E-state index contributed by atoms with van der Waals surface area (Å²) in [6.07, 6.45) is 4.32. The van der Waals surface area contributed by atoms with E-state index < -0.39 is 23.8 Å². The summed E-state index contributed by atoms with van der Waals surface area (Å²) in [5.41, 5.74) is 0. The molecule has 1 aliphatic rings. The highest BCUT2D eigenvalue weighted by Gasteiger charge is 2.35. The quantitative estimate of drug-likeness (QED) is 0.570. The van der Waals surface area contributed by atoms with Crippen molar-refractivity contribution in [2.45, 2.75) is 32.8 Å². The zero-order chi connectivity index (χ0) is 11.4. The Labute approximate surface area is 88.9 Å². The average molecular weight is 212 g/mol. The van der Waals surface area contributed by atoms with Crippen LogP contribution in [0, 0.1) is 11.8 Å². The predicted molar refractivity (Wildman–Crippen MR) is 54.2 cm³/mol. The fourth-order valence-electron chi connectivity index (χ4n) is 1.67. The maximum absolute atomic E-state index is 11.6. The fraction of sp³-hybridized carbons (Fsp3) is 0.636. The molecule has 4 nitrogen and oxygen atoms in total. The summed E-state index contributed by atoms with van der Waals surface area (Å²) in [6.45, 7) is 3.51. The predicted octanol–water partition coefficient (Wildman–Crippen LogP) is 1.60. The van der Waals surface area contributed by atoms with Crippen LogP contribution >= 0.6 is 0 Å². The number of carbonyl (C=O) groups excluding carboxylic acids is 1. The number of esters is 1. The van der Waals surface area contributed by atoms with E-state index in [-0.39, 0.29) is 6.10 Å². The van der Waals surface area contributed by atoms with Gasteiger partial charge in [-0.25, -0.2) is 0 Å². The van der Waals surface area contributed by atoms with Crippen LogP contribution in [0.1, 0.15) is 26.7 Å². The Bertz CT molecular complexity index is 280. The van der Waals surface area contributed by atoms with E-state index >= 15 is 0 Å². The molecule has 2 atom stereocenters. The second-order valence-corrected chi connectivity index (χ2v) is 3.98. The second-order valence-electron chi connectivity index (χ2n) is 3.98. The van der Waals surface area contributed by atoms with Crippen LogP contribution in [0.4, 0.5) is 0 Å². The van der Waals surface area contributed by atoms with Gasteiger partial charge in [0.2, 0.25) is 0 Å². The maximum Gasteiger partial charge on any atom is 0.310 e. The molecule has 0 aromatic rings. The molecule has 15 heavy (non-hydrogen) atoms. The smallest absolute Gasteiger partial charge is 0.310 e. The average Bonchev–Trinajstić information content (AvgIpc) is 2.16. The molecular weight excluding hydrogens is 196 g/mol. The standard InChI is InChI=1S/C11H16O4/c1-7(2)15-11(14)9-6-4-3-5-8(9)10(12)13/h3-4,7-9H,5-6H2,1-2H3,(H,12,13)/t8-,9+/m0/s1. The molecule has 0 amide bonds. The lowest BCUT2D eigenvalue weighted by Crippen LogP contribution is -2.33. The molecule has 0 bridgehead atoms. The molecule has 1 aliphatic carbocycles. The van der Waals surface area contributed by atoms with Crippen molar-refractivity contribution < 1.29 is 19.4 Å². The van der Waals surface area contributed by atoms with E-state index in [0.29, 0.717) is 12.8 Å². The van der Waals surface area contributed by atoms with Crippen molar-refractivity contribution in [3.8, 4) is 0 Å². The number of aliphatic carboxylic acids is 1. The Morgan fingerprint density at radius 3 is 2.27 bits per heavy atom. The van der Waals surface area contributed by atoms with Gasteiger partial charge in [-0.1, -0.05) is 12.2 Å². The Balaban J connectivity index is 2.69. The van der Waals surface area contributed by atoms with Gasteiger partial charge in [0.1, 0.15) is 0 Å². The topological polar surface area (TPSA) is 63.6 Å². The fourth-order valence-corrected chi connectivity index (χ4v) is 1.67. The molecule has 0 aromatic carbocycles. The molecule has 0 heterocycles. The van der Waals surface area contributed by atoms with Crippen molar-refractivity contribution in [3.63, 3.8) is 0 Å². The normalized spacial score (nSPS) is 25.3. The first-order valence-corrected chi connectivity index (χ1v) is 5.10. The van der Waals surface area contributed by atoms with Crippen LogP contribution in [-0.4, -0.2) is 23.1 Å². The number of carboxylic acid groups (broad SMARTS) is 1. The molecule has 1 rings (SSSR count). The van der Waals surface area contributed by atoms with Gasteiger partial charge in [-0.2, -0.15) is 0 Å². The Morgan fingerprint density at radius 2 is 1.80 bits per heavy atom. The summed E-state index contributed by atoms with van der Waals surface area (Å²) in [5, 5.41) is 8.95. The number of rotatable bonds is 3. The highest BCUT2D eigenvalue weighted by molar-refractivity contribution is 5.81. The molecule has 0 saturated heterocycles. The molecule has 84 valence electrons. The summed E-state index contributed by atoms with van der Waals surface area (Å²) in [5.74, 6) is -2.50. The molecule has 0 saturated carbocycles. The third-order valence-corrected chi connectivity index (χ3v) is 2.40. The first-order valence-electron chi connectivity index (χ1n) is 5.10. The first kappa shape index (κ1) is 11.8. The van der Waals surface area contributed by atoms with Gasteiger partial charge in [0.05, 0.1) is 17.9 Å². The van der Waals surface area contributed by atoms with Crippen molar-refractivity contribution >= 4 is 11.9 Å². The van der Waals surface area contributed by atoms with Crippen molar-refractivity contribution in [1.29, 1.82) is 0 Å². The van der Waals surface area contributed by atoms with Crippen LogP contribution in [-0.2, 0) is 14.3 Å². The molecule has 0 spiro atoms. The third-order valence-electron chi connectivity index (χ3n) is 2.40. The minimum atomic E-state index is -0.926. The van der Waals surface area contributed by atoms with Gasteiger partial charge >= 0.3 is 11.9 Å². The summed E-state index contributed by atoms with van der Waals surface area (Å²) in [6, 6.07) is 0. The van der Waals surface area contributed by atoms with Crippen molar-refractivity contribution in [2.75, 3.05) is 0 Å². The Morgan fingerprint density at radius 1 is 1.27 bits per heavy atom. The van der Waals surface area contributed by atoms with Gasteiger partial charge in [-0.05, 0) is 26.7 Å². The van der Waals surface area contributed by atoms with Gasteiger partial charge in [-0.15, -0.1) is 0 Å². The summed E-state index contributed by atoms with van der Waals surface area (Å²) in [7, 11) is 0. The van der Waals surface area contributed by atoms with E-state index in [1.807, 2.05) is 6.08 Å². The number of ether oxygens (including phenoxy) is 1. The van der Waals surface area contributed by atoms with Crippen LogP contribution in [0.15, 0.2) is 12.2 Å². The number of carbonyl (C=O) groups is 2. The summed E-state index contributed by atoms with van der Waals surface area (Å²) >= 11 is 0. The van der Waals surface area contributed by atoms with Crippen molar-refractivity contribution in [2.24, 2.45) is 11.8 Å². The van der Waals surface area contributed by atoms with Crippen LogP contribution in [0.3, 0.4) is 0 Å². The SMILES string of the molecule is CC(C)OC(=O)[C@@H]1CC=CC[C@@H]1C(=O)O. The van der Waals surface area contributed by atoms with Crippen LogP contribution in [0.25, 0.3) is 0 Å². The van der Waals surface area contributed by atoms with E-state index in [1.165, 1.54) is 0 Å². The highest BCUT2D eigenvalue weighted by atomic mass is 16.5. The highest BCUT2D eigenvalue weighted by Crippen LogP contribution is 2.27. The third kappa shape index (κ3) is 3.08. The van der Waals surface area contributed by atoms with Gasteiger partial charge in [0, 0.05) is 0 Å². The molecule has 0 aliphatic heterocycles. The van der Waals surface area contributed by atoms with E-state index in [9.17, 15) is 9.59 Å². The summed E-state index contributed by atoms with van der Waals surface area (Å²) < 4.78 is 5.03. The van der Waals surface area contributed by atoms with Crippen LogP contribution < -0.4 is 0 Å². The first-order chi connectivity index (χ1) is 7.02. The van der Waals surface area contributed by atoms with Crippen LogP contribution in [0.2, 0.25) is 0 Å². The minimum absolute atomic E-state index is 0.196.